The number of carbonyl (C=O) groups excluding carboxylic acids is 1. The molecule has 2 saturated carbocycles. The van der Waals surface area contributed by atoms with Crippen molar-refractivity contribution in [2.45, 2.75) is 52.0 Å². The highest BCUT2D eigenvalue weighted by atomic mass is 16.2. The Bertz CT molecular complexity index is 277. The summed E-state index contributed by atoms with van der Waals surface area (Å²) in [6.07, 6.45) is 6.22. The Morgan fingerprint density at radius 2 is 2.12 bits per heavy atom. The number of nitrogens with zero attached hydrogens (tertiary/aromatic N) is 1. The normalized spacial score (nSPS) is 31.2. The van der Waals surface area contributed by atoms with Crippen molar-refractivity contribution in [3.05, 3.63) is 0 Å². The van der Waals surface area contributed by atoms with Crippen LogP contribution in [0.2, 0.25) is 0 Å². The quantitative estimate of drug-likeness (QED) is 0.796. The van der Waals surface area contributed by atoms with Crippen LogP contribution in [0.4, 0.5) is 0 Å². The number of rotatable bonds is 5. The highest BCUT2D eigenvalue weighted by molar-refractivity contribution is 5.76. The smallest absolute Gasteiger partial charge is 0.223 e. The molecular formula is C14H26N2O. The second kappa shape index (κ2) is 5.38. The predicted octanol–water partition coefficient (Wildman–Crippen LogP) is 2.01. The molecular weight excluding hydrogens is 212 g/mol. The lowest BCUT2D eigenvalue weighted by Gasteiger charge is -2.29. The van der Waals surface area contributed by atoms with Gasteiger partial charge in [-0.1, -0.05) is 6.42 Å². The van der Waals surface area contributed by atoms with E-state index in [1.807, 2.05) is 4.90 Å². The highest BCUT2D eigenvalue weighted by Gasteiger charge is 2.40. The van der Waals surface area contributed by atoms with E-state index in [1.54, 1.807) is 0 Å². The molecule has 2 aliphatic rings. The summed E-state index contributed by atoms with van der Waals surface area (Å²) in [7, 11) is 0. The van der Waals surface area contributed by atoms with Crippen LogP contribution in [0, 0.1) is 17.8 Å². The van der Waals surface area contributed by atoms with Gasteiger partial charge in [-0.25, -0.2) is 0 Å². The van der Waals surface area contributed by atoms with Crippen LogP contribution in [0.15, 0.2) is 0 Å². The molecule has 2 bridgehead atoms. The Hall–Kier alpha value is -0.570. The fraction of sp³-hybridized carbons (Fsp3) is 0.929. The Kier molecular flexibility index (Phi) is 4.08. The second-order valence-corrected chi connectivity index (χ2v) is 6.11. The number of nitrogens with two attached hydrogens (primary N) is 1. The molecule has 2 N–H and O–H groups in total. The molecule has 0 aliphatic heterocycles. The molecule has 0 heterocycles. The Morgan fingerprint density at radius 1 is 1.35 bits per heavy atom. The van der Waals surface area contributed by atoms with Gasteiger partial charge in [0.25, 0.3) is 0 Å². The molecule has 0 saturated heterocycles. The third-order valence-corrected chi connectivity index (χ3v) is 4.64. The van der Waals surface area contributed by atoms with Gasteiger partial charge >= 0.3 is 0 Å². The fourth-order valence-corrected chi connectivity index (χ4v) is 3.78. The van der Waals surface area contributed by atoms with Crippen LogP contribution in [0.3, 0.4) is 0 Å². The molecule has 17 heavy (non-hydrogen) atoms. The molecule has 0 aromatic heterocycles. The standard InChI is InChI=1S/C14H26N2O/c1-10(2)16(6-5-15)14(17)9-13-8-11-3-4-12(13)7-11/h10-13H,3-9,15H2,1-2H3. The molecule has 3 heteroatoms. The van der Waals surface area contributed by atoms with Crippen LogP contribution in [0.25, 0.3) is 0 Å². The van der Waals surface area contributed by atoms with E-state index in [-0.39, 0.29) is 6.04 Å². The van der Waals surface area contributed by atoms with Crippen molar-refractivity contribution >= 4 is 5.91 Å². The van der Waals surface area contributed by atoms with Crippen molar-refractivity contribution in [1.29, 1.82) is 0 Å². The van der Waals surface area contributed by atoms with Gasteiger partial charge in [-0.05, 0) is 50.9 Å². The molecule has 98 valence electrons. The molecule has 2 aliphatic carbocycles. The van der Waals surface area contributed by atoms with Gasteiger partial charge in [-0.15, -0.1) is 0 Å². The van der Waals surface area contributed by atoms with Crippen molar-refractivity contribution in [3.8, 4) is 0 Å². The number of hydrogen-bond donors (Lipinski definition) is 1. The minimum atomic E-state index is 0.282. The van der Waals surface area contributed by atoms with E-state index in [0.717, 1.165) is 18.3 Å². The Labute approximate surface area is 105 Å². The van der Waals surface area contributed by atoms with E-state index >= 15 is 0 Å². The number of hydrogen-bond acceptors (Lipinski definition) is 2. The summed E-state index contributed by atoms with van der Waals surface area (Å²) in [5.74, 6) is 2.76. The number of carbonyl (C=O) groups is 1. The van der Waals surface area contributed by atoms with Crippen molar-refractivity contribution in [2.75, 3.05) is 13.1 Å². The first-order valence-electron chi connectivity index (χ1n) is 7.11. The van der Waals surface area contributed by atoms with Gasteiger partial charge in [0.1, 0.15) is 0 Å². The maximum atomic E-state index is 12.3. The minimum Gasteiger partial charge on any atom is -0.339 e. The molecule has 3 atom stereocenters. The summed E-state index contributed by atoms with van der Waals surface area (Å²) in [5.41, 5.74) is 5.58. The zero-order valence-corrected chi connectivity index (χ0v) is 11.2. The van der Waals surface area contributed by atoms with Gasteiger partial charge in [0, 0.05) is 25.6 Å². The molecule has 0 aromatic rings. The SMILES string of the molecule is CC(C)N(CCN)C(=O)CC1CC2CCC1C2. The molecule has 0 spiro atoms. The second-order valence-electron chi connectivity index (χ2n) is 6.11. The van der Waals surface area contributed by atoms with Crippen LogP contribution >= 0.6 is 0 Å². The highest BCUT2D eigenvalue weighted by Crippen LogP contribution is 2.49. The molecule has 2 fully saturated rings. The topological polar surface area (TPSA) is 46.3 Å². The van der Waals surface area contributed by atoms with Gasteiger partial charge < -0.3 is 10.6 Å². The van der Waals surface area contributed by atoms with Crippen LogP contribution in [0.1, 0.15) is 46.0 Å². The third-order valence-electron chi connectivity index (χ3n) is 4.64. The van der Waals surface area contributed by atoms with E-state index in [2.05, 4.69) is 13.8 Å². The zero-order chi connectivity index (χ0) is 12.4. The molecule has 3 unspecified atom stereocenters. The maximum absolute atomic E-state index is 12.3. The Balaban J connectivity index is 1.87. The molecule has 3 nitrogen and oxygen atoms in total. The van der Waals surface area contributed by atoms with E-state index in [0.29, 0.717) is 24.9 Å². The predicted molar refractivity (Wildman–Crippen MR) is 69.5 cm³/mol. The van der Waals surface area contributed by atoms with Gasteiger partial charge in [-0.3, -0.25) is 4.79 Å². The summed E-state index contributed by atoms with van der Waals surface area (Å²) < 4.78 is 0. The number of fused-ring (bicyclic) bond motifs is 2. The summed E-state index contributed by atoms with van der Waals surface area (Å²) in [4.78, 5) is 14.2. The Morgan fingerprint density at radius 3 is 2.59 bits per heavy atom. The fourth-order valence-electron chi connectivity index (χ4n) is 3.78. The van der Waals surface area contributed by atoms with Crippen LogP contribution < -0.4 is 5.73 Å². The maximum Gasteiger partial charge on any atom is 0.223 e. The van der Waals surface area contributed by atoms with Crippen molar-refractivity contribution in [2.24, 2.45) is 23.5 Å². The first kappa shape index (κ1) is 12.9. The van der Waals surface area contributed by atoms with Gasteiger partial charge in [0.2, 0.25) is 5.91 Å². The number of amides is 1. The lowest BCUT2D eigenvalue weighted by atomic mass is 9.86. The molecule has 0 aromatic carbocycles. The van der Waals surface area contributed by atoms with Gasteiger partial charge in [0.15, 0.2) is 0 Å². The van der Waals surface area contributed by atoms with Gasteiger partial charge in [0.05, 0.1) is 0 Å². The zero-order valence-electron chi connectivity index (χ0n) is 11.2. The van der Waals surface area contributed by atoms with Crippen LogP contribution in [-0.2, 0) is 4.79 Å². The summed E-state index contributed by atoms with van der Waals surface area (Å²) in [6, 6.07) is 0.282. The van der Waals surface area contributed by atoms with Crippen molar-refractivity contribution in [3.63, 3.8) is 0 Å². The van der Waals surface area contributed by atoms with Gasteiger partial charge in [-0.2, -0.15) is 0 Å². The monoisotopic (exact) mass is 238 g/mol. The average Bonchev–Trinajstić information content (AvgIpc) is 2.86. The molecule has 1 amide bonds. The van der Waals surface area contributed by atoms with Crippen molar-refractivity contribution < 1.29 is 4.79 Å². The summed E-state index contributed by atoms with van der Waals surface area (Å²) in [5, 5.41) is 0. The summed E-state index contributed by atoms with van der Waals surface area (Å²) >= 11 is 0. The van der Waals surface area contributed by atoms with E-state index in [4.69, 9.17) is 5.73 Å². The lowest BCUT2D eigenvalue weighted by Crippen LogP contribution is -2.41. The molecule has 2 rings (SSSR count). The first-order chi connectivity index (χ1) is 8.11. The van der Waals surface area contributed by atoms with Crippen LogP contribution in [-0.4, -0.2) is 29.9 Å². The first-order valence-corrected chi connectivity index (χ1v) is 7.11. The average molecular weight is 238 g/mol. The third kappa shape index (κ3) is 2.82. The summed E-state index contributed by atoms with van der Waals surface area (Å²) in [6.45, 7) is 5.43. The minimum absolute atomic E-state index is 0.282. The van der Waals surface area contributed by atoms with Crippen molar-refractivity contribution in [1.82, 2.24) is 4.90 Å². The van der Waals surface area contributed by atoms with E-state index < -0.39 is 0 Å². The largest absolute Gasteiger partial charge is 0.339 e. The molecule has 0 radical (unpaired) electrons. The van der Waals surface area contributed by atoms with E-state index in [9.17, 15) is 4.79 Å². The van der Waals surface area contributed by atoms with Crippen LogP contribution in [0.5, 0.6) is 0 Å². The van der Waals surface area contributed by atoms with E-state index in [1.165, 1.54) is 25.7 Å². The lowest BCUT2D eigenvalue weighted by molar-refractivity contribution is -0.134.